The van der Waals surface area contributed by atoms with Crippen LogP contribution in [0.2, 0.25) is 0 Å². The average molecular weight is 392 g/mol. The van der Waals surface area contributed by atoms with Gasteiger partial charge in [-0.25, -0.2) is 5.43 Å². The molecule has 0 bridgehead atoms. The summed E-state index contributed by atoms with van der Waals surface area (Å²) in [7, 11) is 0. The Bertz CT molecular complexity index is 1280. The normalized spacial score (nSPS) is 10.9. The molecule has 0 heterocycles. The van der Waals surface area contributed by atoms with Gasteiger partial charge in [0.25, 0.3) is 0 Å². The largest absolute Gasteiger partial charge is 0.480 e. The molecule has 0 saturated heterocycles. The first-order chi connectivity index (χ1) is 14.8. The molecular formula is C26H20N2O2. The summed E-state index contributed by atoms with van der Waals surface area (Å²) in [6.07, 6.45) is 7.18. The zero-order chi connectivity index (χ0) is 20.8. The second-order valence-electron chi connectivity index (χ2n) is 6.80. The Morgan fingerprint density at radius 1 is 0.933 bits per heavy atom. The Hall–Kier alpha value is -4.10. The van der Waals surface area contributed by atoms with Gasteiger partial charge in [-0.15, -0.1) is 6.42 Å². The molecule has 1 amide bonds. The van der Waals surface area contributed by atoms with Gasteiger partial charge in [0, 0.05) is 5.56 Å². The lowest BCUT2D eigenvalue weighted by molar-refractivity contribution is -0.120. The topological polar surface area (TPSA) is 50.7 Å². The lowest BCUT2D eigenvalue weighted by Gasteiger charge is -2.10. The third-order valence-electron chi connectivity index (χ3n) is 4.86. The maximum atomic E-state index is 12.5. The molecule has 0 aliphatic heterocycles. The third-order valence-corrected chi connectivity index (χ3v) is 4.86. The molecule has 4 nitrogen and oxygen atoms in total. The summed E-state index contributed by atoms with van der Waals surface area (Å²) in [5, 5.41) is 8.38. The highest BCUT2D eigenvalue weighted by Gasteiger charge is 2.08. The van der Waals surface area contributed by atoms with Gasteiger partial charge in [-0.3, -0.25) is 4.79 Å². The number of terminal acetylenes is 1. The molecule has 0 aliphatic rings. The second kappa shape index (κ2) is 8.93. The predicted molar refractivity (Wildman–Crippen MR) is 122 cm³/mol. The highest BCUT2D eigenvalue weighted by atomic mass is 16.5. The van der Waals surface area contributed by atoms with Gasteiger partial charge in [-0.2, -0.15) is 5.10 Å². The Labute approximate surface area is 175 Å². The Kier molecular flexibility index (Phi) is 5.73. The first kappa shape index (κ1) is 19.2. The number of carbonyl (C=O) groups is 1. The minimum absolute atomic E-state index is 0.159. The summed E-state index contributed by atoms with van der Waals surface area (Å²) in [4.78, 5) is 12.5. The van der Waals surface area contributed by atoms with Gasteiger partial charge in [-0.05, 0) is 33.2 Å². The number of hydrazone groups is 1. The number of nitrogens with zero attached hydrogens (tertiary/aromatic N) is 1. The summed E-state index contributed by atoms with van der Waals surface area (Å²) in [6, 6.07) is 25.7. The van der Waals surface area contributed by atoms with Crippen molar-refractivity contribution in [2.45, 2.75) is 6.42 Å². The molecule has 4 aromatic carbocycles. The second-order valence-corrected chi connectivity index (χ2v) is 6.80. The first-order valence-corrected chi connectivity index (χ1v) is 9.63. The highest BCUT2D eigenvalue weighted by Crippen LogP contribution is 2.26. The van der Waals surface area contributed by atoms with Crippen molar-refractivity contribution >= 4 is 33.7 Å². The van der Waals surface area contributed by atoms with Crippen molar-refractivity contribution in [1.29, 1.82) is 0 Å². The first-order valence-electron chi connectivity index (χ1n) is 9.63. The number of nitrogens with one attached hydrogen (secondary N) is 1. The summed E-state index contributed by atoms with van der Waals surface area (Å²) in [5.74, 6) is 2.91. The van der Waals surface area contributed by atoms with Gasteiger partial charge in [0.05, 0.1) is 12.6 Å². The fourth-order valence-electron chi connectivity index (χ4n) is 3.48. The molecule has 4 aromatic rings. The summed E-state index contributed by atoms with van der Waals surface area (Å²) in [6.45, 7) is 0.159. The minimum atomic E-state index is -0.186. The van der Waals surface area contributed by atoms with Crippen LogP contribution in [-0.4, -0.2) is 18.7 Å². The van der Waals surface area contributed by atoms with Crippen LogP contribution in [0.15, 0.2) is 84.0 Å². The molecule has 4 rings (SSSR count). The Morgan fingerprint density at radius 3 is 2.43 bits per heavy atom. The molecule has 0 saturated carbocycles. The quantitative estimate of drug-likeness (QED) is 0.294. The van der Waals surface area contributed by atoms with E-state index in [4.69, 9.17) is 11.2 Å². The van der Waals surface area contributed by atoms with E-state index in [1.54, 1.807) is 6.21 Å². The molecule has 30 heavy (non-hydrogen) atoms. The van der Waals surface area contributed by atoms with E-state index in [1.165, 1.54) is 0 Å². The predicted octanol–water partition coefficient (Wildman–Crippen LogP) is 4.70. The SMILES string of the molecule is C#CCOc1ccc2ccccc2c1/C=N\NC(=O)Cc1cccc2ccccc12. The van der Waals surface area contributed by atoms with E-state index in [2.05, 4.69) is 16.4 Å². The fourth-order valence-corrected chi connectivity index (χ4v) is 3.48. The van der Waals surface area contributed by atoms with Crippen LogP contribution in [0.5, 0.6) is 5.75 Å². The molecule has 4 heteroatoms. The van der Waals surface area contributed by atoms with Crippen LogP contribution in [0.1, 0.15) is 11.1 Å². The van der Waals surface area contributed by atoms with E-state index < -0.39 is 0 Å². The maximum absolute atomic E-state index is 12.5. The van der Waals surface area contributed by atoms with Crippen LogP contribution in [0.25, 0.3) is 21.5 Å². The Balaban J connectivity index is 1.54. The molecule has 0 fully saturated rings. The molecule has 146 valence electrons. The summed E-state index contributed by atoms with van der Waals surface area (Å²) in [5.41, 5.74) is 4.36. The standard InChI is InChI=1S/C26H20N2O2/c1-2-16-30-25-15-14-20-9-4-6-13-23(20)24(25)18-27-28-26(29)17-21-11-7-10-19-8-3-5-12-22(19)21/h1,3-15,18H,16-17H2,(H,28,29)/b27-18-. The molecule has 0 aliphatic carbocycles. The van der Waals surface area contributed by atoms with Gasteiger partial charge in [0.1, 0.15) is 12.4 Å². The number of hydrogen-bond acceptors (Lipinski definition) is 3. The van der Waals surface area contributed by atoms with Crippen molar-refractivity contribution < 1.29 is 9.53 Å². The number of hydrogen-bond donors (Lipinski definition) is 1. The number of benzene rings is 4. The molecule has 0 unspecified atom stereocenters. The van der Waals surface area contributed by atoms with Crippen molar-refractivity contribution in [3.05, 3.63) is 90.0 Å². The number of ether oxygens (including phenoxy) is 1. The van der Waals surface area contributed by atoms with E-state index >= 15 is 0 Å². The van der Waals surface area contributed by atoms with E-state index in [0.717, 1.165) is 32.7 Å². The molecule has 1 N–H and O–H groups in total. The molecule has 0 spiro atoms. The van der Waals surface area contributed by atoms with Gasteiger partial charge in [0.2, 0.25) is 5.91 Å². The monoisotopic (exact) mass is 392 g/mol. The fraction of sp³-hybridized carbons (Fsp3) is 0.0769. The van der Waals surface area contributed by atoms with E-state index in [0.29, 0.717) is 5.75 Å². The maximum Gasteiger partial charge on any atom is 0.244 e. The lowest BCUT2D eigenvalue weighted by atomic mass is 10.0. The zero-order valence-corrected chi connectivity index (χ0v) is 16.3. The van der Waals surface area contributed by atoms with Crippen molar-refractivity contribution in [3.8, 4) is 18.1 Å². The van der Waals surface area contributed by atoms with Crippen LogP contribution in [0, 0.1) is 12.3 Å². The van der Waals surface area contributed by atoms with Crippen molar-refractivity contribution in [3.63, 3.8) is 0 Å². The van der Waals surface area contributed by atoms with Crippen LogP contribution in [0.3, 0.4) is 0 Å². The zero-order valence-electron chi connectivity index (χ0n) is 16.3. The van der Waals surface area contributed by atoms with Crippen LogP contribution < -0.4 is 10.2 Å². The number of rotatable bonds is 6. The van der Waals surface area contributed by atoms with E-state index in [9.17, 15) is 4.79 Å². The van der Waals surface area contributed by atoms with E-state index in [1.807, 2.05) is 78.9 Å². The number of amides is 1. The van der Waals surface area contributed by atoms with Gasteiger partial charge in [-0.1, -0.05) is 78.7 Å². The average Bonchev–Trinajstić information content (AvgIpc) is 2.78. The summed E-state index contributed by atoms with van der Waals surface area (Å²) >= 11 is 0. The molecular weight excluding hydrogens is 372 g/mol. The minimum Gasteiger partial charge on any atom is -0.480 e. The molecule has 0 radical (unpaired) electrons. The number of fused-ring (bicyclic) bond motifs is 2. The van der Waals surface area contributed by atoms with Crippen LogP contribution >= 0.6 is 0 Å². The van der Waals surface area contributed by atoms with Crippen molar-refractivity contribution in [2.24, 2.45) is 5.10 Å². The van der Waals surface area contributed by atoms with Crippen molar-refractivity contribution in [1.82, 2.24) is 5.43 Å². The van der Waals surface area contributed by atoms with Gasteiger partial charge < -0.3 is 4.74 Å². The Morgan fingerprint density at radius 2 is 1.63 bits per heavy atom. The van der Waals surface area contributed by atoms with Gasteiger partial charge >= 0.3 is 0 Å². The third kappa shape index (κ3) is 4.16. The highest BCUT2D eigenvalue weighted by molar-refractivity contribution is 6.02. The smallest absolute Gasteiger partial charge is 0.244 e. The van der Waals surface area contributed by atoms with Crippen LogP contribution in [0.4, 0.5) is 0 Å². The van der Waals surface area contributed by atoms with Gasteiger partial charge in [0.15, 0.2) is 0 Å². The van der Waals surface area contributed by atoms with Crippen LogP contribution in [-0.2, 0) is 11.2 Å². The van der Waals surface area contributed by atoms with Crippen molar-refractivity contribution in [2.75, 3.05) is 6.61 Å². The lowest BCUT2D eigenvalue weighted by Crippen LogP contribution is -2.20. The number of carbonyl (C=O) groups excluding carboxylic acids is 1. The van der Waals surface area contributed by atoms with E-state index in [-0.39, 0.29) is 18.9 Å². The molecule has 0 aromatic heterocycles. The summed E-state index contributed by atoms with van der Waals surface area (Å²) < 4.78 is 5.66. The molecule has 0 atom stereocenters.